The number of nitrogens with one attached hydrogen (secondary N) is 2. The predicted molar refractivity (Wildman–Crippen MR) is 157 cm³/mol. The molecule has 6 nitrogen and oxygen atoms in total. The normalized spacial score (nSPS) is 24.5. The summed E-state index contributed by atoms with van der Waals surface area (Å²) in [5.74, 6) is 0.311. The van der Waals surface area contributed by atoms with E-state index in [2.05, 4.69) is 65.7 Å². The summed E-state index contributed by atoms with van der Waals surface area (Å²) in [5.41, 5.74) is 12.2. The van der Waals surface area contributed by atoms with Crippen molar-refractivity contribution in [2.45, 2.75) is 32.5 Å². The number of hydrogen-bond acceptors (Lipinski definition) is 6. The quantitative estimate of drug-likeness (QED) is 0.481. The van der Waals surface area contributed by atoms with E-state index in [0.29, 0.717) is 19.6 Å². The summed E-state index contributed by atoms with van der Waals surface area (Å²) in [4.78, 5) is 14.1. The van der Waals surface area contributed by atoms with Crippen LogP contribution in [0.2, 0.25) is 0 Å². The second kappa shape index (κ2) is 13.3. The van der Waals surface area contributed by atoms with E-state index in [1.807, 2.05) is 61.0 Å². The van der Waals surface area contributed by atoms with Crippen LogP contribution in [0.25, 0.3) is 0 Å². The van der Waals surface area contributed by atoms with Crippen molar-refractivity contribution in [2.75, 3.05) is 6.54 Å². The molecule has 1 heterocycles. The standard InChI is InChI=1S/C31H36N6/c1-23-9-7-13-27(18-32)34-21-25-11-3-6-15-29(25)36-20-24-10-8-16-30(31(17-24)33-2)37-22-26-12-4-5-14-28(26)35-19-23/h3-16,19-20,23-24,31,34,37H,2,17-18,21-22,32H2,1H3/b9-7-,27-13+,35-19?,36-20?. The Morgan fingerprint density at radius 2 is 1.54 bits per heavy atom. The Labute approximate surface area is 220 Å². The van der Waals surface area contributed by atoms with Crippen LogP contribution < -0.4 is 16.4 Å². The first kappa shape index (κ1) is 26.0. The first-order valence-corrected chi connectivity index (χ1v) is 12.8. The molecule has 0 aromatic heterocycles. The maximum absolute atomic E-state index is 6.01. The van der Waals surface area contributed by atoms with E-state index in [-0.39, 0.29) is 17.9 Å². The summed E-state index contributed by atoms with van der Waals surface area (Å²) in [6, 6.07) is 16.4. The van der Waals surface area contributed by atoms with Gasteiger partial charge in [-0.3, -0.25) is 15.0 Å². The summed E-state index contributed by atoms with van der Waals surface area (Å²) in [6.45, 7) is 7.72. The molecule has 3 unspecified atom stereocenters. The van der Waals surface area contributed by atoms with Gasteiger partial charge in [0.15, 0.2) is 0 Å². The molecule has 6 heteroatoms. The second-order valence-electron chi connectivity index (χ2n) is 9.27. The van der Waals surface area contributed by atoms with Crippen molar-refractivity contribution in [1.82, 2.24) is 10.6 Å². The maximum Gasteiger partial charge on any atom is 0.0896 e. The van der Waals surface area contributed by atoms with E-state index >= 15 is 0 Å². The molecule has 1 aliphatic carbocycles. The molecule has 190 valence electrons. The number of fused-ring (bicyclic) bond motifs is 5. The molecule has 2 aliphatic rings. The highest BCUT2D eigenvalue weighted by Crippen LogP contribution is 2.24. The van der Waals surface area contributed by atoms with Crippen LogP contribution in [0.1, 0.15) is 24.5 Å². The van der Waals surface area contributed by atoms with E-state index in [1.165, 1.54) is 0 Å². The van der Waals surface area contributed by atoms with Gasteiger partial charge in [0.1, 0.15) is 0 Å². The van der Waals surface area contributed by atoms with E-state index in [1.54, 1.807) is 0 Å². The van der Waals surface area contributed by atoms with Crippen LogP contribution in [0.4, 0.5) is 11.4 Å². The average Bonchev–Trinajstić information content (AvgIpc) is 3.13. The molecule has 0 saturated carbocycles. The number of hydrogen-bond donors (Lipinski definition) is 3. The van der Waals surface area contributed by atoms with Gasteiger partial charge in [-0.15, -0.1) is 0 Å². The fraction of sp³-hybridized carbons (Fsp3) is 0.258. The molecular weight excluding hydrogens is 456 g/mol. The lowest BCUT2D eigenvalue weighted by molar-refractivity contribution is 0.606. The minimum Gasteiger partial charge on any atom is -0.383 e. The molecule has 37 heavy (non-hydrogen) atoms. The third-order valence-corrected chi connectivity index (χ3v) is 6.47. The maximum atomic E-state index is 6.01. The van der Waals surface area contributed by atoms with Crippen LogP contribution >= 0.6 is 0 Å². The lowest BCUT2D eigenvalue weighted by Gasteiger charge is -2.19. The van der Waals surface area contributed by atoms with Crippen molar-refractivity contribution in [3.05, 3.63) is 108 Å². The number of para-hydroxylation sites is 2. The van der Waals surface area contributed by atoms with Gasteiger partial charge in [-0.1, -0.05) is 67.6 Å². The first-order valence-electron chi connectivity index (χ1n) is 12.8. The molecule has 2 aromatic rings. The second-order valence-corrected chi connectivity index (χ2v) is 9.27. The summed E-state index contributed by atoms with van der Waals surface area (Å²) >= 11 is 0. The van der Waals surface area contributed by atoms with Gasteiger partial charge in [-0.25, -0.2) is 0 Å². The smallest absolute Gasteiger partial charge is 0.0896 e. The lowest BCUT2D eigenvalue weighted by atomic mass is 10.0. The molecule has 1 aliphatic heterocycles. The highest BCUT2D eigenvalue weighted by molar-refractivity contribution is 5.70. The predicted octanol–water partition coefficient (Wildman–Crippen LogP) is 5.55. The van der Waals surface area contributed by atoms with Crippen LogP contribution in [0.15, 0.2) is 111 Å². The van der Waals surface area contributed by atoms with Gasteiger partial charge in [-0.2, -0.15) is 0 Å². The topological polar surface area (TPSA) is 87.2 Å². The molecule has 3 atom stereocenters. The van der Waals surface area contributed by atoms with Crippen molar-refractivity contribution in [3.63, 3.8) is 0 Å². The number of benzene rings is 2. The fourth-order valence-electron chi connectivity index (χ4n) is 4.28. The molecule has 4 rings (SSSR count). The SMILES string of the molecule is C=NC1CC2C=CC=C1NCc1ccccc1N=CC(C)/C=C\C=C(/CN)NCc1ccccc1N=C2. The third kappa shape index (κ3) is 7.48. The van der Waals surface area contributed by atoms with Crippen LogP contribution in [-0.4, -0.2) is 31.7 Å². The fourth-order valence-corrected chi connectivity index (χ4v) is 4.28. The Morgan fingerprint density at radius 3 is 2.24 bits per heavy atom. The summed E-state index contributed by atoms with van der Waals surface area (Å²) in [7, 11) is 0. The van der Waals surface area contributed by atoms with Crippen molar-refractivity contribution < 1.29 is 0 Å². The summed E-state index contributed by atoms with van der Waals surface area (Å²) in [6.07, 6.45) is 17.3. The summed E-state index contributed by atoms with van der Waals surface area (Å²) in [5, 5.41) is 7.06. The Bertz CT molecular complexity index is 1250. The van der Waals surface area contributed by atoms with Crippen molar-refractivity contribution in [2.24, 2.45) is 32.5 Å². The number of nitrogens with two attached hydrogens (primary N) is 1. The van der Waals surface area contributed by atoms with Gasteiger partial charge in [-0.05, 0) is 48.6 Å². The minimum absolute atomic E-state index is 0.0458. The molecular formula is C31H36N6. The molecule has 0 amide bonds. The molecule has 0 spiro atoms. The number of rotatable bonds is 2. The van der Waals surface area contributed by atoms with Gasteiger partial charge in [0, 0.05) is 55.3 Å². The zero-order chi connectivity index (χ0) is 25.9. The van der Waals surface area contributed by atoms with E-state index < -0.39 is 0 Å². The van der Waals surface area contributed by atoms with Crippen LogP contribution in [-0.2, 0) is 13.1 Å². The summed E-state index contributed by atoms with van der Waals surface area (Å²) < 4.78 is 0. The van der Waals surface area contributed by atoms with Crippen molar-refractivity contribution in [3.8, 4) is 0 Å². The zero-order valence-electron chi connectivity index (χ0n) is 21.4. The van der Waals surface area contributed by atoms with Gasteiger partial charge < -0.3 is 16.4 Å². The third-order valence-electron chi connectivity index (χ3n) is 6.47. The lowest BCUT2D eigenvalue weighted by Crippen LogP contribution is -2.24. The molecule has 2 bridgehead atoms. The first-order chi connectivity index (χ1) is 18.2. The van der Waals surface area contributed by atoms with Gasteiger partial charge in [0.25, 0.3) is 0 Å². The minimum atomic E-state index is -0.0458. The van der Waals surface area contributed by atoms with E-state index in [9.17, 15) is 0 Å². The van der Waals surface area contributed by atoms with Crippen LogP contribution in [0.3, 0.4) is 0 Å². The Kier molecular flexibility index (Phi) is 9.38. The highest BCUT2D eigenvalue weighted by Gasteiger charge is 2.19. The van der Waals surface area contributed by atoms with E-state index in [0.717, 1.165) is 40.3 Å². The number of nitrogens with zero attached hydrogens (tertiary/aromatic N) is 3. The molecule has 0 saturated heterocycles. The van der Waals surface area contributed by atoms with Crippen LogP contribution in [0, 0.1) is 11.8 Å². The van der Waals surface area contributed by atoms with Crippen LogP contribution in [0.5, 0.6) is 0 Å². The van der Waals surface area contributed by atoms with E-state index in [4.69, 9.17) is 15.7 Å². The largest absolute Gasteiger partial charge is 0.383 e. The Morgan fingerprint density at radius 1 is 0.892 bits per heavy atom. The average molecular weight is 493 g/mol. The van der Waals surface area contributed by atoms with Gasteiger partial charge in [0.05, 0.1) is 17.4 Å². The molecule has 0 fully saturated rings. The Hall–Kier alpha value is -4.03. The highest BCUT2D eigenvalue weighted by atomic mass is 14.9. The molecule has 4 N–H and O–H groups in total. The monoisotopic (exact) mass is 492 g/mol. The van der Waals surface area contributed by atoms with Crippen molar-refractivity contribution >= 4 is 30.5 Å². The van der Waals surface area contributed by atoms with Gasteiger partial charge >= 0.3 is 0 Å². The van der Waals surface area contributed by atoms with Crippen molar-refractivity contribution in [1.29, 1.82) is 0 Å². The number of allylic oxidation sites excluding steroid dienone is 6. The number of aliphatic imine (C=N–C) groups is 3. The Balaban J connectivity index is 1.66. The van der Waals surface area contributed by atoms with Gasteiger partial charge in [0.2, 0.25) is 0 Å². The zero-order valence-corrected chi connectivity index (χ0v) is 21.4. The molecule has 0 radical (unpaired) electrons. The molecule has 2 aromatic carbocycles.